The van der Waals surface area contributed by atoms with Crippen molar-refractivity contribution in [3.63, 3.8) is 0 Å². The number of benzene rings is 1. The Morgan fingerprint density at radius 1 is 1.18 bits per heavy atom. The maximum atomic E-state index is 3.43. The fourth-order valence-corrected chi connectivity index (χ4v) is 2.56. The predicted octanol–water partition coefficient (Wildman–Crippen LogP) is 3.75. The molecule has 1 N–H and O–H groups in total. The van der Waals surface area contributed by atoms with Gasteiger partial charge in [0.25, 0.3) is 0 Å². The lowest BCUT2D eigenvalue weighted by atomic mass is 9.85. The van der Waals surface area contributed by atoms with Gasteiger partial charge in [-0.05, 0) is 54.8 Å². The number of hydrogen-bond acceptors (Lipinski definition) is 1. The summed E-state index contributed by atoms with van der Waals surface area (Å²) < 4.78 is 0. The highest BCUT2D eigenvalue weighted by Crippen LogP contribution is 2.28. The van der Waals surface area contributed by atoms with Gasteiger partial charge in [-0.15, -0.1) is 0 Å². The summed E-state index contributed by atoms with van der Waals surface area (Å²) in [5.74, 6) is 0.754. The van der Waals surface area contributed by atoms with Crippen LogP contribution in [-0.2, 0) is 0 Å². The Hall–Kier alpha value is -0.820. The summed E-state index contributed by atoms with van der Waals surface area (Å²) in [6, 6.07) is 9.09. The van der Waals surface area contributed by atoms with Crippen LogP contribution in [0.4, 0.5) is 0 Å². The lowest BCUT2D eigenvalue weighted by Crippen LogP contribution is -2.26. The van der Waals surface area contributed by atoms with E-state index in [9.17, 15) is 0 Å². The Morgan fingerprint density at radius 2 is 1.88 bits per heavy atom. The van der Waals surface area contributed by atoms with E-state index in [4.69, 9.17) is 0 Å². The van der Waals surface area contributed by atoms with Gasteiger partial charge < -0.3 is 5.32 Å². The summed E-state index contributed by atoms with van der Waals surface area (Å²) in [7, 11) is 0. The van der Waals surface area contributed by atoms with E-state index in [0.29, 0.717) is 0 Å². The van der Waals surface area contributed by atoms with Crippen LogP contribution >= 0.6 is 0 Å². The normalized spacial score (nSPS) is 18.3. The van der Waals surface area contributed by atoms with Gasteiger partial charge in [-0.25, -0.2) is 0 Å². The topological polar surface area (TPSA) is 12.0 Å². The molecule has 0 aromatic heterocycles. The zero-order valence-corrected chi connectivity index (χ0v) is 11.3. The van der Waals surface area contributed by atoms with Crippen LogP contribution in [0.15, 0.2) is 24.3 Å². The van der Waals surface area contributed by atoms with Crippen LogP contribution < -0.4 is 5.32 Å². The molecule has 0 aliphatic carbocycles. The van der Waals surface area contributed by atoms with E-state index < -0.39 is 0 Å². The molecule has 1 aliphatic heterocycles. The van der Waals surface area contributed by atoms with Crippen LogP contribution in [0.5, 0.6) is 0 Å². The summed E-state index contributed by atoms with van der Waals surface area (Å²) in [5, 5.41) is 3.43. The predicted molar refractivity (Wildman–Crippen MR) is 74.1 cm³/mol. The maximum Gasteiger partial charge on any atom is -0.00393 e. The van der Waals surface area contributed by atoms with E-state index in [2.05, 4.69) is 56.8 Å². The summed E-state index contributed by atoms with van der Waals surface area (Å²) >= 11 is 0. The van der Waals surface area contributed by atoms with Crippen molar-refractivity contribution in [3.05, 3.63) is 41.8 Å². The first-order valence-electron chi connectivity index (χ1n) is 6.71. The minimum absolute atomic E-state index is 0.257. The van der Waals surface area contributed by atoms with Gasteiger partial charge >= 0.3 is 0 Å². The smallest absolute Gasteiger partial charge is 0.00393 e. The Labute approximate surface area is 106 Å². The van der Waals surface area contributed by atoms with Gasteiger partial charge in [0.2, 0.25) is 0 Å². The quantitative estimate of drug-likeness (QED) is 0.816. The first kappa shape index (κ1) is 12.6. The monoisotopic (exact) mass is 230 g/mol. The molecular weight excluding hydrogens is 206 g/mol. The van der Waals surface area contributed by atoms with Crippen LogP contribution in [0.3, 0.4) is 0 Å². The Morgan fingerprint density at radius 3 is 2.53 bits per heavy atom. The number of piperidine rings is 1. The molecule has 93 valence electrons. The fraction of sp³-hybridized carbons (Fsp3) is 0.562. The zero-order valence-electron chi connectivity index (χ0n) is 11.3. The lowest BCUT2D eigenvalue weighted by molar-refractivity contribution is 0.460. The van der Waals surface area contributed by atoms with Gasteiger partial charge in [-0.3, -0.25) is 0 Å². The van der Waals surface area contributed by atoms with E-state index >= 15 is 0 Å². The highest BCUT2D eigenvalue weighted by molar-refractivity contribution is 5.32. The molecule has 0 atom stereocenters. The third-order valence-electron chi connectivity index (χ3n) is 3.32. The molecule has 1 nitrogen and oxygen atoms in total. The molecule has 2 rings (SSSR count). The highest BCUT2D eigenvalue weighted by Gasteiger charge is 2.17. The van der Waals surface area contributed by atoms with Crippen molar-refractivity contribution in [1.82, 2.24) is 5.32 Å². The summed E-state index contributed by atoms with van der Waals surface area (Å²) in [5.41, 5.74) is 3.14. The number of hydrogen-bond donors (Lipinski definition) is 1. The molecule has 1 fully saturated rings. The maximum absolute atomic E-state index is 3.43. The number of rotatable bonds is 2. The molecule has 1 heteroatoms. The fourth-order valence-electron chi connectivity index (χ4n) is 2.56. The Bertz CT molecular complexity index is 356. The average Bonchev–Trinajstić information content (AvgIpc) is 2.28. The zero-order chi connectivity index (χ0) is 12.3. The van der Waals surface area contributed by atoms with Crippen LogP contribution in [0.1, 0.15) is 50.7 Å². The molecule has 1 aromatic rings. The molecule has 17 heavy (non-hydrogen) atoms. The minimum atomic E-state index is 0.257. The largest absolute Gasteiger partial charge is 0.317 e. The third kappa shape index (κ3) is 3.85. The van der Waals surface area contributed by atoms with E-state index in [1.54, 1.807) is 0 Å². The first-order valence-corrected chi connectivity index (χ1v) is 6.71. The van der Waals surface area contributed by atoms with E-state index in [1.807, 2.05) is 0 Å². The molecule has 0 saturated carbocycles. The molecule has 0 amide bonds. The van der Waals surface area contributed by atoms with Crippen molar-refractivity contribution < 1.29 is 0 Å². The van der Waals surface area contributed by atoms with Crippen molar-refractivity contribution >= 4 is 0 Å². The van der Waals surface area contributed by atoms with Crippen molar-refractivity contribution in [2.75, 3.05) is 13.1 Å². The van der Waals surface area contributed by atoms with Crippen molar-refractivity contribution in [2.24, 2.45) is 5.41 Å². The molecule has 1 aromatic carbocycles. The summed E-state index contributed by atoms with van der Waals surface area (Å²) in [4.78, 5) is 0. The third-order valence-corrected chi connectivity index (χ3v) is 3.32. The Kier molecular flexibility index (Phi) is 3.88. The molecule has 0 unspecified atom stereocenters. The second-order valence-corrected chi connectivity index (χ2v) is 6.20. The summed E-state index contributed by atoms with van der Waals surface area (Å²) in [6.45, 7) is 9.09. The summed E-state index contributed by atoms with van der Waals surface area (Å²) in [6.07, 6.45) is 4.91. The number of nitrogens with one attached hydrogen (secondary N) is 1. The van der Waals surface area contributed by atoms with Crippen molar-refractivity contribution in [2.45, 2.75) is 39.5 Å². The second-order valence-electron chi connectivity index (χ2n) is 6.20. The standard InChI is InChI=1S/C16H24N/c1-16(2,3)12-13-5-4-6-15(11-13)14-7-9-17-10-8-14/h4-6,11-12,14,17H,7-10H2,1-3H3. The van der Waals surface area contributed by atoms with E-state index in [-0.39, 0.29) is 5.41 Å². The van der Waals surface area contributed by atoms with Gasteiger partial charge in [-0.2, -0.15) is 0 Å². The van der Waals surface area contributed by atoms with Crippen LogP contribution in [0.2, 0.25) is 0 Å². The SMILES string of the molecule is CC(C)(C)[CH]c1cccc(C2CCNCC2)c1. The van der Waals surface area contributed by atoms with Crippen LogP contribution in [0, 0.1) is 11.8 Å². The molecule has 1 aliphatic rings. The second kappa shape index (κ2) is 5.22. The van der Waals surface area contributed by atoms with Crippen molar-refractivity contribution in [3.8, 4) is 0 Å². The molecule has 1 heterocycles. The van der Waals surface area contributed by atoms with Gasteiger partial charge in [0.1, 0.15) is 0 Å². The average molecular weight is 230 g/mol. The van der Waals surface area contributed by atoms with E-state index in [1.165, 1.54) is 24.0 Å². The lowest BCUT2D eigenvalue weighted by Gasteiger charge is -2.24. The van der Waals surface area contributed by atoms with Crippen molar-refractivity contribution in [1.29, 1.82) is 0 Å². The Balaban J connectivity index is 2.10. The van der Waals surface area contributed by atoms with Gasteiger partial charge in [0.15, 0.2) is 0 Å². The molecule has 1 saturated heterocycles. The first-order chi connectivity index (χ1) is 8.04. The molecule has 1 radical (unpaired) electrons. The van der Waals surface area contributed by atoms with E-state index in [0.717, 1.165) is 19.0 Å². The van der Waals surface area contributed by atoms with Gasteiger partial charge in [0.05, 0.1) is 0 Å². The minimum Gasteiger partial charge on any atom is -0.317 e. The van der Waals surface area contributed by atoms with Gasteiger partial charge in [-0.1, -0.05) is 45.0 Å². The molecule has 0 spiro atoms. The van der Waals surface area contributed by atoms with Crippen LogP contribution in [0.25, 0.3) is 0 Å². The molecule has 0 bridgehead atoms. The molecular formula is C16H24N. The van der Waals surface area contributed by atoms with Gasteiger partial charge in [0, 0.05) is 0 Å². The highest BCUT2D eigenvalue weighted by atomic mass is 14.9. The van der Waals surface area contributed by atoms with Crippen LogP contribution in [-0.4, -0.2) is 13.1 Å².